The third-order valence-electron chi connectivity index (χ3n) is 2.66. The number of benzene rings is 1. The van der Waals surface area contributed by atoms with Crippen molar-refractivity contribution >= 4 is 18.0 Å². The number of carbonyl (C=O) groups is 2. The zero-order valence-corrected chi connectivity index (χ0v) is 13.5. The van der Waals surface area contributed by atoms with Gasteiger partial charge in [0.25, 0.3) is 0 Å². The standard InChI is InChI=1S/C17H23N3O3/c1-4-8-23-15-7-5-6-14(9-15)12-19-20-17(22)10-16(21)18-11-13(2)3/h4-7,9,12-13H,1,8,10-11H2,2-3H3,(H,18,21)(H,20,22)/b19-12+. The summed E-state index contributed by atoms with van der Waals surface area (Å²) in [6.45, 7) is 8.52. The summed E-state index contributed by atoms with van der Waals surface area (Å²) >= 11 is 0. The largest absolute Gasteiger partial charge is 0.490 e. The van der Waals surface area contributed by atoms with Crippen molar-refractivity contribution < 1.29 is 14.3 Å². The number of carbonyl (C=O) groups excluding carboxylic acids is 2. The Hall–Kier alpha value is -2.63. The molecule has 1 aromatic carbocycles. The Morgan fingerprint density at radius 2 is 2.13 bits per heavy atom. The molecule has 0 spiro atoms. The quantitative estimate of drug-likeness (QED) is 0.316. The number of hydrogen-bond donors (Lipinski definition) is 2. The predicted octanol–water partition coefficient (Wildman–Crippen LogP) is 1.86. The van der Waals surface area contributed by atoms with Crippen LogP contribution in [-0.2, 0) is 9.59 Å². The number of nitrogens with one attached hydrogen (secondary N) is 2. The summed E-state index contributed by atoms with van der Waals surface area (Å²) in [4.78, 5) is 23.1. The van der Waals surface area contributed by atoms with Gasteiger partial charge in [0.2, 0.25) is 11.8 Å². The minimum atomic E-state index is -0.457. The number of hydrazone groups is 1. The summed E-state index contributed by atoms with van der Waals surface area (Å²) in [7, 11) is 0. The van der Waals surface area contributed by atoms with Gasteiger partial charge in [0.1, 0.15) is 18.8 Å². The van der Waals surface area contributed by atoms with Crippen LogP contribution in [-0.4, -0.2) is 31.2 Å². The van der Waals surface area contributed by atoms with E-state index in [2.05, 4.69) is 22.4 Å². The zero-order chi connectivity index (χ0) is 17.1. The van der Waals surface area contributed by atoms with Gasteiger partial charge in [0, 0.05) is 6.54 Å². The van der Waals surface area contributed by atoms with Crippen LogP contribution >= 0.6 is 0 Å². The zero-order valence-electron chi connectivity index (χ0n) is 13.5. The Morgan fingerprint density at radius 1 is 1.35 bits per heavy atom. The van der Waals surface area contributed by atoms with E-state index in [1.165, 1.54) is 6.21 Å². The maximum Gasteiger partial charge on any atom is 0.249 e. The van der Waals surface area contributed by atoms with Crippen molar-refractivity contribution in [1.29, 1.82) is 0 Å². The average molecular weight is 317 g/mol. The summed E-state index contributed by atoms with van der Waals surface area (Å²) in [5.74, 6) is 0.261. The molecule has 0 aliphatic carbocycles. The lowest BCUT2D eigenvalue weighted by Crippen LogP contribution is -2.32. The molecule has 0 atom stereocenters. The maximum atomic E-state index is 11.6. The summed E-state index contributed by atoms with van der Waals surface area (Å²) in [6, 6.07) is 7.25. The number of amides is 2. The van der Waals surface area contributed by atoms with Crippen molar-refractivity contribution in [2.45, 2.75) is 20.3 Å². The fourth-order valence-corrected chi connectivity index (χ4v) is 1.58. The topological polar surface area (TPSA) is 79.8 Å². The highest BCUT2D eigenvalue weighted by atomic mass is 16.5. The molecule has 23 heavy (non-hydrogen) atoms. The molecule has 0 radical (unpaired) electrons. The van der Waals surface area contributed by atoms with Gasteiger partial charge in [-0.15, -0.1) is 0 Å². The van der Waals surface area contributed by atoms with Gasteiger partial charge in [-0.05, 0) is 23.6 Å². The molecule has 1 rings (SSSR count). The Labute approximate surface area is 136 Å². The van der Waals surface area contributed by atoms with E-state index in [0.29, 0.717) is 24.8 Å². The SMILES string of the molecule is C=CCOc1cccc(/C=N/NC(=O)CC(=O)NCC(C)C)c1. The first-order valence-corrected chi connectivity index (χ1v) is 7.43. The van der Waals surface area contributed by atoms with Crippen LogP contribution in [0.2, 0.25) is 0 Å². The van der Waals surface area contributed by atoms with Gasteiger partial charge in [-0.25, -0.2) is 5.43 Å². The molecule has 0 aromatic heterocycles. The van der Waals surface area contributed by atoms with Crippen LogP contribution in [0.3, 0.4) is 0 Å². The monoisotopic (exact) mass is 317 g/mol. The van der Waals surface area contributed by atoms with Crippen molar-refractivity contribution in [1.82, 2.24) is 10.7 Å². The number of ether oxygens (including phenoxy) is 1. The van der Waals surface area contributed by atoms with E-state index in [0.717, 1.165) is 5.56 Å². The van der Waals surface area contributed by atoms with Gasteiger partial charge in [-0.3, -0.25) is 9.59 Å². The molecule has 0 unspecified atom stereocenters. The molecule has 0 saturated carbocycles. The molecule has 1 aromatic rings. The number of hydrogen-bond acceptors (Lipinski definition) is 4. The van der Waals surface area contributed by atoms with Crippen molar-refractivity contribution in [2.24, 2.45) is 11.0 Å². The highest BCUT2D eigenvalue weighted by Crippen LogP contribution is 2.11. The highest BCUT2D eigenvalue weighted by molar-refractivity contribution is 5.97. The van der Waals surface area contributed by atoms with E-state index in [1.54, 1.807) is 12.1 Å². The molecular formula is C17H23N3O3. The van der Waals surface area contributed by atoms with E-state index in [-0.39, 0.29) is 12.3 Å². The summed E-state index contributed by atoms with van der Waals surface area (Å²) < 4.78 is 5.40. The van der Waals surface area contributed by atoms with E-state index in [9.17, 15) is 9.59 Å². The first kappa shape index (κ1) is 18.4. The maximum absolute atomic E-state index is 11.6. The Balaban J connectivity index is 2.41. The second-order valence-electron chi connectivity index (χ2n) is 5.34. The molecule has 2 N–H and O–H groups in total. The number of nitrogens with zero attached hydrogens (tertiary/aromatic N) is 1. The smallest absolute Gasteiger partial charge is 0.249 e. The first-order valence-electron chi connectivity index (χ1n) is 7.43. The molecule has 0 aliphatic rings. The van der Waals surface area contributed by atoms with Crippen LogP contribution in [0.5, 0.6) is 5.75 Å². The van der Waals surface area contributed by atoms with Crippen molar-refractivity contribution in [3.8, 4) is 5.75 Å². The van der Waals surface area contributed by atoms with E-state index < -0.39 is 5.91 Å². The molecule has 0 heterocycles. The van der Waals surface area contributed by atoms with Crippen LogP contribution in [0.4, 0.5) is 0 Å². The third kappa shape index (κ3) is 8.40. The summed E-state index contributed by atoms with van der Waals surface area (Å²) in [5, 5.41) is 6.50. The van der Waals surface area contributed by atoms with E-state index >= 15 is 0 Å². The lowest BCUT2D eigenvalue weighted by molar-refractivity contribution is -0.129. The van der Waals surface area contributed by atoms with Crippen LogP contribution in [0.15, 0.2) is 42.0 Å². The highest BCUT2D eigenvalue weighted by Gasteiger charge is 2.08. The van der Waals surface area contributed by atoms with Gasteiger partial charge in [0.05, 0.1) is 6.21 Å². The van der Waals surface area contributed by atoms with Crippen LogP contribution in [0.1, 0.15) is 25.8 Å². The van der Waals surface area contributed by atoms with Gasteiger partial charge >= 0.3 is 0 Å². The molecule has 0 bridgehead atoms. The van der Waals surface area contributed by atoms with Gasteiger partial charge in [0.15, 0.2) is 0 Å². The molecule has 6 heteroatoms. The third-order valence-corrected chi connectivity index (χ3v) is 2.66. The lowest BCUT2D eigenvalue weighted by Gasteiger charge is -2.06. The second-order valence-corrected chi connectivity index (χ2v) is 5.34. The van der Waals surface area contributed by atoms with Crippen LogP contribution in [0.25, 0.3) is 0 Å². The summed E-state index contributed by atoms with van der Waals surface area (Å²) in [5.41, 5.74) is 3.10. The molecule has 2 amide bonds. The molecule has 0 fully saturated rings. The van der Waals surface area contributed by atoms with Gasteiger partial charge < -0.3 is 10.1 Å². The molecule has 124 valence electrons. The molecule has 6 nitrogen and oxygen atoms in total. The van der Waals surface area contributed by atoms with Crippen LogP contribution in [0, 0.1) is 5.92 Å². The molecule has 0 saturated heterocycles. The Kier molecular flexibility index (Phi) is 8.13. The van der Waals surface area contributed by atoms with Crippen molar-refractivity contribution in [3.63, 3.8) is 0 Å². The fourth-order valence-electron chi connectivity index (χ4n) is 1.58. The van der Waals surface area contributed by atoms with E-state index in [4.69, 9.17) is 4.74 Å². The Bertz CT molecular complexity index is 568. The first-order chi connectivity index (χ1) is 11.0. The van der Waals surface area contributed by atoms with Crippen molar-refractivity contribution in [2.75, 3.05) is 13.2 Å². The average Bonchev–Trinajstić information content (AvgIpc) is 2.51. The fraction of sp³-hybridized carbons (Fsp3) is 0.353. The van der Waals surface area contributed by atoms with E-state index in [1.807, 2.05) is 32.0 Å². The Morgan fingerprint density at radius 3 is 2.83 bits per heavy atom. The lowest BCUT2D eigenvalue weighted by atomic mass is 10.2. The van der Waals surface area contributed by atoms with Crippen LogP contribution < -0.4 is 15.5 Å². The predicted molar refractivity (Wildman–Crippen MR) is 90.3 cm³/mol. The van der Waals surface area contributed by atoms with Gasteiger partial charge in [-0.2, -0.15) is 5.10 Å². The normalized spacial score (nSPS) is 10.6. The minimum Gasteiger partial charge on any atom is -0.490 e. The van der Waals surface area contributed by atoms with Gasteiger partial charge in [-0.1, -0.05) is 38.6 Å². The summed E-state index contributed by atoms with van der Waals surface area (Å²) in [6.07, 6.45) is 2.91. The number of rotatable bonds is 9. The molecule has 0 aliphatic heterocycles. The second kappa shape index (κ2) is 10.2. The molecular weight excluding hydrogens is 294 g/mol. The minimum absolute atomic E-state index is 0.244. The van der Waals surface area contributed by atoms with Crippen molar-refractivity contribution in [3.05, 3.63) is 42.5 Å².